The first kappa shape index (κ1) is 12.8. The lowest BCUT2D eigenvalue weighted by Gasteiger charge is -1.94. The number of aromatic nitrogens is 2. The fraction of sp³-hybridized carbons (Fsp3) is 0. The van der Waals surface area contributed by atoms with E-state index >= 15 is 0 Å². The predicted molar refractivity (Wildman–Crippen MR) is 76.8 cm³/mol. The summed E-state index contributed by atoms with van der Waals surface area (Å²) in [7, 11) is 0. The zero-order valence-electron chi connectivity index (χ0n) is 10.8. The van der Waals surface area contributed by atoms with Gasteiger partial charge in [0.05, 0.1) is 25.0 Å². The highest BCUT2D eigenvalue weighted by atomic mass is 16.3. The van der Waals surface area contributed by atoms with Crippen molar-refractivity contribution in [3.8, 4) is 0 Å². The molecule has 104 valence electrons. The van der Waals surface area contributed by atoms with Gasteiger partial charge in [0.2, 0.25) is 5.95 Å². The number of nitrogens with one attached hydrogen (secondary N) is 1. The van der Waals surface area contributed by atoms with Crippen LogP contribution in [0.15, 0.2) is 66.5 Å². The minimum atomic E-state index is -0.344. The van der Waals surface area contributed by atoms with Crippen LogP contribution in [0.2, 0.25) is 0 Å². The van der Waals surface area contributed by atoms with E-state index in [1.165, 1.54) is 31.0 Å². The zero-order chi connectivity index (χ0) is 14.5. The number of aliphatic imine (C=N–C) groups is 2. The van der Waals surface area contributed by atoms with E-state index in [9.17, 15) is 4.79 Å². The van der Waals surface area contributed by atoms with Gasteiger partial charge in [-0.2, -0.15) is 4.98 Å². The maximum Gasteiger partial charge on any atom is 0.254 e. The highest BCUT2D eigenvalue weighted by molar-refractivity contribution is 5.78. The van der Waals surface area contributed by atoms with E-state index in [1.807, 2.05) is 0 Å². The van der Waals surface area contributed by atoms with Crippen LogP contribution >= 0.6 is 0 Å². The average Bonchev–Trinajstić information content (AvgIpc) is 3.16. The number of nitrogens with zero attached hydrogens (tertiary/aromatic N) is 3. The molecule has 0 aliphatic rings. The molecule has 0 atom stereocenters. The Balaban J connectivity index is 1.84. The standard InChI is InChI=1S/C14H10N4O3/c19-13-7-12(15-8-10-3-1-5-20-10)17-14(18-13)16-9-11-4-2-6-21-11/h1-9H,(H,17,18,19)/b15-8+,16-9+. The van der Waals surface area contributed by atoms with Crippen molar-refractivity contribution >= 4 is 24.2 Å². The number of H-pyrrole nitrogens is 1. The number of hydrogen-bond donors (Lipinski definition) is 1. The zero-order valence-corrected chi connectivity index (χ0v) is 10.8. The van der Waals surface area contributed by atoms with Crippen LogP contribution < -0.4 is 5.56 Å². The third-order valence-corrected chi connectivity index (χ3v) is 2.44. The third kappa shape index (κ3) is 3.41. The van der Waals surface area contributed by atoms with Crippen LogP contribution in [0.1, 0.15) is 11.5 Å². The summed E-state index contributed by atoms with van der Waals surface area (Å²) in [6, 6.07) is 8.23. The van der Waals surface area contributed by atoms with Crippen molar-refractivity contribution in [2.45, 2.75) is 0 Å². The molecule has 3 rings (SSSR count). The monoisotopic (exact) mass is 282 g/mol. The van der Waals surface area contributed by atoms with Gasteiger partial charge in [-0.3, -0.25) is 9.78 Å². The topological polar surface area (TPSA) is 96.8 Å². The van der Waals surface area contributed by atoms with Crippen molar-refractivity contribution in [2.24, 2.45) is 9.98 Å². The molecule has 7 heteroatoms. The van der Waals surface area contributed by atoms with Crippen molar-refractivity contribution in [2.75, 3.05) is 0 Å². The largest absolute Gasteiger partial charge is 0.463 e. The number of aromatic amines is 1. The normalized spacial score (nSPS) is 11.6. The second-order valence-electron chi connectivity index (χ2n) is 3.97. The number of rotatable bonds is 4. The van der Waals surface area contributed by atoms with Gasteiger partial charge >= 0.3 is 0 Å². The summed E-state index contributed by atoms with van der Waals surface area (Å²) in [4.78, 5) is 26.2. The van der Waals surface area contributed by atoms with Crippen LogP contribution in [-0.4, -0.2) is 22.4 Å². The molecule has 21 heavy (non-hydrogen) atoms. The molecule has 3 aromatic rings. The Hall–Kier alpha value is -3.22. The van der Waals surface area contributed by atoms with E-state index in [1.54, 1.807) is 24.3 Å². The van der Waals surface area contributed by atoms with E-state index in [4.69, 9.17) is 8.83 Å². The predicted octanol–water partition coefficient (Wildman–Crippen LogP) is 2.46. The van der Waals surface area contributed by atoms with Gasteiger partial charge in [0.1, 0.15) is 11.5 Å². The van der Waals surface area contributed by atoms with Gasteiger partial charge in [-0.25, -0.2) is 9.98 Å². The van der Waals surface area contributed by atoms with Gasteiger partial charge in [-0.15, -0.1) is 0 Å². The molecule has 7 nitrogen and oxygen atoms in total. The second-order valence-corrected chi connectivity index (χ2v) is 3.97. The molecule has 0 unspecified atom stereocenters. The fourth-order valence-electron chi connectivity index (χ4n) is 1.54. The van der Waals surface area contributed by atoms with Crippen LogP contribution in [0, 0.1) is 0 Å². The molecule has 0 amide bonds. The van der Waals surface area contributed by atoms with Gasteiger partial charge in [-0.1, -0.05) is 0 Å². The van der Waals surface area contributed by atoms with Crippen LogP contribution in [0.3, 0.4) is 0 Å². The number of furan rings is 2. The number of hydrogen-bond acceptors (Lipinski definition) is 6. The molecule has 0 saturated carbocycles. The third-order valence-electron chi connectivity index (χ3n) is 2.44. The molecule has 0 aromatic carbocycles. The van der Waals surface area contributed by atoms with Crippen LogP contribution in [0.25, 0.3) is 0 Å². The summed E-state index contributed by atoms with van der Waals surface area (Å²) in [6.07, 6.45) is 5.99. The Bertz CT molecular complexity index is 749. The Morgan fingerprint density at radius 2 is 1.71 bits per heavy atom. The van der Waals surface area contributed by atoms with Gasteiger partial charge in [0.15, 0.2) is 5.82 Å². The van der Waals surface area contributed by atoms with E-state index < -0.39 is 0 Å². The van der Waals surface area contributed by atoms with E-state index in [2.05, 4.69) is 20.0 Å². The maximum atomic E-state index is 11.5. The first-order valence-corrected chi connectivity index (χ1v) is 6.06. The lowest BCUT2D eigenvalue weighted by Crippen LogP contribution is -2.04. The van der Waals surface area contributed by atoms with Crippen LogP contribution in [0.5, 0.6) is 0 Å². The van der Waals surface area contributed by atoms with E-state index in [0.29, 0.717) is 11.5 Å². The first-order valence-electron chi connectivity index (χ1n) is 6.06. The Labute approximate surface area is 118 Å². The quantitative estimate of drug-likeness (QED) is 0.743. The molecule has 0 fully saturated rings. The fourth-order valence-corrected chi connectivity index (χ4v) is 1.54. The highest BCUT2D eigenvalue weighted by Crippen LogP contribution is 2.10. The molecule has 3 heterocycles. The van der Waals surface area contributed by atoms with Gasteiger partial charge in [0.25, 0.3) is 5.56 Å². The molecule has 0 radical (unpaired) electrons. The highest BCUT2D eigenvalue weighted by Gasteiger charge is 1.99. The Kier molecular flexibility index (Phi) is 3.55. The first-order chi connectivity index (χ1) is 10.3. The molecule has 0 spiro atoms. The van der Waals surface area contributed by atoms with Crippen molar-refractivity contribution in [3.63, 3.8) is 0 Å². The minimum Gasteiger partial charge on any atom is -0.463 e. The molecule has 0 aliphatic carbocycles. The van der Waals surface area contributed by atoms with Crippen molar-refractivity contribution in [1.82, 2.24) is 9.97 Å². The van der Waals surface area contributed by atoms with Gasteiger partial charge < -0.3 is 8.83 Å². The molecule has 0 aliphatic heterocycles. The summed E-state index contributed by atoms with van der Waals surface area (Å²) < 4.78 is 10.2. The minimum absolute atomic E-state index is 0.144. The molecule has 1 N–H and O–H groups in total. The van der Waals surface area contributed by atoms with E-state index in [-0.39, 0.29) is 17.3 Å². The second kappa shape index (κ2) is 5.83. The molecular weight excluding hydrogens is 272 g/mol. The summed E-state index contributed by atoms with van der Waals surface area (Å²) in [5, 5.41) is 0. The molecule has 3 aromatic heterocycles. The maximum absolute atomic E-state index is 11.5. The Morgan fingerprint density at radius 3 is 2.33 bits per heavy atom. The van der Waals surface area contributed by atoms with Crippen molar-refractivity contribution < 1.29 is 8.83 Å². The summed E-state index contributed by atoms with van der Waals surface area (Å²) in [5.41, 5.74) is -0.344. The van der Waals surface area contributed by atoms with Crippen LogP contribution in [-0.2, 0) is 0 Å². The van der Waals surface area contributed by atoms with Crippen molar-refractivity contribution in [3.05, 3.63) is 64.7 Å². The molecule has 0 saturated heterocycles. The SMILES string of the molecule is O=c1cc(/N=C/c2ccco2)nc(/N=C/c2ccco2)[nH]1. The molecular formula is C14H10N4O3. The summed E-state index contributed by atoms with van der Waals surface area (Å²) >= 11 is 0. The van der Waals surface area contributed by atoms with Crippen molar-refractivity contribution in [1.29, 1.82) is 0 Å². The average molecular weight is 282 g/mol. The lowest BCUT2D eigenvalue weighted by atomic mass is 10.5. The Morgan fingerprint density at radius 1 is 1.05 bits per heavy atom. The summed E-state index contributed by atoms with van der Waals surface area (Å²) in [6.45, 7) is 0. The van der Waals surface area contributed by atoms with Crippen LogP contribution in [0.4, 0.5) is 11.8 Å². The molecule has 0 bridgehead atoms. The van der Waals surface area contributed by atoms with Gasteiger partial charge in [-0.05, 0) is 24.3 Å². The summed E-state index contributed by atoms with van der Waals surface area (Å²) in [5.74, 6) is 1.51. The van der Waals surface area contributed by atoms with Gasteiger partial charge in [0, 0.05) is 6.07 Å². The smallest absolute Gasteiger partial charge is 0.254 e. The van der Waals surface area contributed by atoms with E-state index in [0.717, 1.165) is 0 Å². The lowest BCUT2D eigenvalue weighted by molar-refractivity contribution is 0.560.